The van der Waals surface area contributed by atoms with Crippen molar-refractivity contribution >= 4 is 11.6 Å². The van der Waals surface area contributed by atoms with Gasteiger partial charge >= 0.3 is 0 Å². The smallest absolute Gasteiger partial charge is 0.137 e. The van der Waals surface area contributed by atoms with Gasteiger partial charge in [-0.25, -0.2) is 0 Å². The molecule has 1 aromatic rings. The Kier molecular flexibility index (Phi) is 4.08. The molecule has 0 saturated heterocycles. The van der Waals surface area contributed by atoms with Gasteiger partial charge in [-0.3, -0.25) is 0 Å². The highest BCUT2D eigenvalue weighted by molar-refractivity contribution is 6.32. The lowest BCUT2D eigenvalue weighted by Crippen LogP contribution is -1.99. The van der Waals surface area contributed by atoms with Crippen LogP contribution in [-0.2, 0) is 6.42 Å². The quantitative estimate of drug-likeness (QED) is 0.828. The summed E-state index contributed by atoms with van der Waals surface area (Å²) < 4.78 is 5.64. The monoisotopic (exact) mass is 240 g/mol. The maximum absolute atomic E-state index is 8.75. The van der Waals surface area contributed by atoms with Gasteiger partial charge in [0.1, 0.15) is 5.75 Å². The van der Waals surface area contributed by atoms with Gasteiger partial charge in [-0.1, -0.05) is 17.7 Å². The van der Waals surface area contributed by atoms with Crippen LogP contribution in [0.25, 0.3) is 0 Å². The van der Waals surface area contributed by atoms with Crippen molar-refractivity contribution < 1.29 is 9.84 Å². The lowest BCUT2D eigenvalue weighted by atomic mass is 10.1. The molecule has 16 heavy (non-hydrogen) atoms. The first kappa shape index (κ1) is 11.7. The average Bonchev–Trinajstić information content (AvgIpc) is 3.09. The van der Waals surface area contributed by atoms with E-state index in [0.29, 0.717) is 5.02 Å². The summed E-state index contributed by atoms with van der Waals surface area (Å²) in [5.41, 5.74) is 1.15. The van der Waals surface area contributed by atoms with Gasteiger partial charge in [0, 0.05) is 6.61 Å². The van der Waals surface area contributed by atoms with Crippen molar-refractivity contribution in [2.45, 2.75) is 25.7 Å². The highest BCUT2D eigenvalue weighted by Crippen LogP contribution is 2.32. The fourth-order valence-corrected chi connectivity index (χ4v) is 1.85. The highest BCUT2D eigenvalue weighted by Gasteiger charge is 2.22. The van der Waals surface area contributed by atoms with Crippen LogP contribution in [-0.4, -0.2) is 18.3 Å². The maximum Gasteiger partial charge on any atom is 0.137 e. The van der Waals surface area contributed by atoms with Gasteiger partial charge in [0.25, 0.3) is 0 Å². The van der Waals surface area contributed by atoms with Crippen LogP contribution >= 0.6 is 11.6 Å². The lowest BCUT2D eigenvalue weighted by molar-refractivity contribution is 0.288. The van der Waals surface area contributed by atoms with E-state index in [-0.39, 0.29) is 6.61 Å². The number of aliphatic hydroxyl groups is 1. The second-order valence-electron chi connectivity index (χ2n) is 4.35. The third kappa shape index (κ3) is 3.39. The Labute approximate surface area is 101 Å². The van der Waals surface area contributed by atoms with Gasteiger partial charge in [0.15, 0.2) is 0 Å². The van der Waals surface area contributed by atoms with E-state index in [2.05, 4.69) is 0 Å². The summed E-state index contributed by atoms with van der Waals surface area (Å²) in [6.07, 6.45) is 4.20. The summed E-state index contributed by atoms with van der Waals surface area (Å²) in [4.78, 5) is 0. The summed E-state index contributed by atoms with van der Waals surface area (Å²) >= 11 is 6.12. The van der Waals surface area contributed by atoms with Crippen molar-refractivity contribution in [3.8, 4) is 5.75 Å². The molecule has 0 radical (unpaired) electrons. The number of aryl methyl sites for hydroxylation is 1. The largest absolute Gasteiger partial charge is 0.492 e. The van der Waals surface area contributed by atoms with Crippen LogP contribution in [0.4, 0.5) is 0 Å². The van der Waals surface area contributed by atoms with Crippen LogP contribution < -0.4 is 4.74 Å². The molecular weight excluding hydrogens is 224 g/mol. The zero-order chi connectivity index (χ0) is 11.4. The van der Waals surface area contributed by atoms with Gasteiger partial charge in [0.2, 0.25) is 0 Å². The van der Waals surface area contributed by atoms with Crippen LogP contribution in [0.1, 0.15) is 24.8 Å². The van der Waals surface area contributed by atoms with Crippen LogP contribution in [0.15, 0.2) is 18.2 Å². The number of ether oxygens (including phenoxy) is 1. The Balaban J connectivity index is 1.92. The molecule has 0 aromatic heterocycles. The van der Waals surface area contributed by atoms with Gasteiger partial charge in [-0.05, 0) is 49.3 Å². The van der Waals surface area contributed by atoms with Crippen LogP contribution in [0.3, 0.4) is 0 Å². The number of aliphatic hydroxyl groups excluding tert-OH is 1. The number of halogens is 1. The third-order valence-electron chi connectivity index (χ3n) is 2.79. The molecule has 2 nitrogen and oxygen atoms in total. The molecule has 0 aliphatic heterocycles. The molecule has 0 atom stereocenters. The van der Waals surface area contributed by atoms with Gasteiger partial charge in [0.05, 0.1) is 11.6 Å². The third-order valence-corrected chi connectivity index (χ3v) is 3.09. The number of hydrogen-bond donors (Lipinski definition) is 1. The second-order valence-corrected chi connectivity index (χ2v) is 4.75. The first-order valence-corrected chi connectivity index (χ1v) is 6.19. The minimum Gasteiger partial charge on any atom is -0.492 e. The Morgan fingerprint density at radius 1 is 1.38 bits per heavy atom. The zero-order valence-corrected chi connectivity index (χ0v) is 10.0. The van der Waals surface area contributed by atoms with Crippen molar-refractivity contribution in [3.63, 3.8) is 0 Å². The van der Waals surface area contributed by atoms with E-state index in [9.17, 15) is 0 Å². The Hall–Kier alpha value is -0.730. The Morgan fingerprint density at radius 2 is 2.19 bits per heavy atom. The van der Waals surface area contributed by atoms with Gasteiger partial charge in [-0.2, -0.15) is 0 Å². The molecule has 1 aliphatic rings. The number of benzene rings is 1. The predicted molar refractivity (Wildman–Crippen MR) is 65.1 cm³/mol. The maximum atomic E-state index is 8.75. The molecule has 0 spiro atoms. The van der Waals surface area contributed by atoms with Crippen molar-refractivity contribution in [1.29, 1.82) is 0 Å². The summed E-state index contributed by atoms with van der Waals surface area (Å²) in [6, 6.07) is 5.88. The van der Waals surface area contributed by atoms with Crippen LogP contribution in [0.5, 0.6) is 5.75 Å². The minimum absolute atomic E-state index is 0.220. The standard InChI is InChI=1S/C13H17ClO2/c14-12-8-10(2-1-7-15)5-6-13(12)16-9-11-3-4-11/h5-6,8,11,15H,1-4,7,9H2. The first-order valence-electron chi connectivity index (χ1n) is 5.81. The fourth-order valence-electron chi connectivity index (χ4n) is 1.59. The molecule has 1 fully saturated rings. The molecular formula is C13H17ClO2. The van der Waals surface area contributed by atoms with Gasteiger partial charge in [-0.15, -0.1) is 0 Å². The predicted octanol–water partition coefficient (Wildman–Crippen LogP) is 3.05. The normalized spacial score (nSPS) is 15.1. The van der Waals surface area contributed by atoms with Crippen molar-refractivity contribution in [2.75, 3.05) is 13.2 Å². The minimum atomic E-state index is 0.220. The lowest BCUT2D eigenvalue weighted by Gasteiger charge is -2.08. The Morgan fingerprint density at radius 3 is 2.81 bits per heavy atom. The number of hydrogen-bond acceptors (Lipinski definition) is 2. The molecule has 0 bridgehead atoms. The summed E-state index contributed by atoms with van der Waals surface area (Å²) in [6.45, 7) is 1.01. The molecule has 0 unspecified atom stereocenters. The van der Waals surface area contributed by atoms with E-state index in [1.807, 2.05) is 18.2 Å². The van der Waals surface area contributed by atoms with Crippen molar-refractivity contribution in [1.82, 2.24) is 0 Å². The van der Waals surface area contributed by atoms with Crippen LogP contribution in [0.2, 0.25) is 5.02 Å². The van der Waals surface area contributed by atoms with E-state index in [1.54, 1.807) is 0 Å². The molecule has 2 rings (SSSR count). The molecule has 1 saturated carbocycles. The first-order chi connectivity index (χ1) is 7.79. The SMILES string of the molecule is OCCCc1ccc(OCC2CC2)c(Cl)c1. The van der Waals surface area contributed by atoms with Crippen LogP contribution in [0, 0.1) is 5.92 Å². The molecule has 1 N–H and O–H groups in total. The van der Waals surface area contributed by atoms with E-state index in [0.717, 1.165) is 36.7 Å². The molecule has 0 amide bonds. The van der Waals surface area contributed by atoms with E-state index < -0.39 is 0 Å². The second kappa shape index (κ2) is 5.55. The number of rotatable bonds is 6. The molecule has 1 aliphatic carbocycles. The zero-order valence-electron chi connectivity index (χ0n) is 9.29. The van der Waals surface area contributed by atoms with E-state index in [1.165, 1.54) is 12.8 Å². The molecule has 1 aromatic carbocycles. The summed E-state index contributed by atoms with van der Waals surface area (Å²) in [5, 5.41) is 9.42. The molecule has 0 heterocycles. The highest BCUT2D eigenvalue weighted by atomic mass is 35.5. The average molecular weight is 241 g/mol. The van der Waals surface area contributed by atoms with E-state index >= 15 is 0 Å². The Bertz CT molecular complexity index is 348. The van der Waals surface area contributed by atoms with Crippen molar-refractivity contribution in [2.24, 2.45) is 5.92 Å². The summed E-state index contributed by atoms with van der Waals surface area (Å²) in [5.74, 6) is 1.52. The molecule has 3 heteroatoms. The summed E-state index contributed by atoms with van der Waals surface area (Å²) in [7, 11) is 0. The molecule has 88 valence electrons. The topological polar surface area (TPSA) is 29.5 Å². The van der Waals surface area contributed by atoms with Gasteiger partial charge < -0.3 is 9.84 Å². The van der Waals surface area contributed by atoms with E-state index in [4.69, 9.17) is 21.4 Å². The van der Waals surface area contributed by atoms with Crippen molar-refractivity contribution in [3.05, 3.63) is 28.8 Å². The fraction of sp³-hybridized carbons (Fsp3) is 0.538.